The highest BCUT2D eigenvalue weighted by atomic mass is 16.3. The fraction of sp³-hybridized carbons (Fsp3) is 1.00. The van der Waals surface area contributed by atoms with Gasteiger partial charge in [0.25, 0.3) is 0 Å². The number of fused-ring (bicyclic) bond motifs is 3. The summed E-state index contributed by atoms with van der Waals surface area (Å²) in [6.45, 7) is 2.18. The van der Waals surface area contributed by atoms with Gasteiger partial charge in [0, 0.05) is 6.04 Å². The Morgan fingerprint density at radius 3 is 2.57 bits per heavy atom. The fourth-order valence-corrected chi connectivity index (χ4v) is 4.62. The van der Waals surface area contributed by atoms with Crippen LogP contribution in [0.2, 0.25) is 0 Å². The molecule has 0 saturated heterocycles. The van der Waals surface area contributed by atoms with E-state index in [1.165, 1.54) is 25.7 Å². The van der Waals surface area contributed by atoms with Crippen LogP contribution in [0.15, 0.2) is 0 Å². The highest BCUT2D eigenvalue weighted by Gasteiger charge is 2.60. The van der Waals surface area contributed by atoms with Gasteiger partial charge in [-0.2, -0.15) is 0 Å². The summed E-state index contributed by atoms with van der Waals surface area (Å²) in [4.78, 5) is 0. The second kappa shape index (κ2) is 2.73. The van der Waals surface area contributed by atoms with Crippen LogP contribution in [0, 0.1) is 23.2 Å². The fourth-order valence-electron chi connectivity index (χ4n) is 4.62. The Labute approximate surface area is 85.9 Å². The van der Waals surface area contributed by atoms with Gasteiger partial charge >= 0.3 is 0 Å². The van der Waals surface area contributed by atoms with Gasteiger partial charge in [0.2, 0.25) is 0 Å². The molecule has 1 spiro atoms. The first kappa shape index (κ1) is 9.17. The van der Waals surface area contributed by atoms with Crippen molar-refractivity contribution in [3.63, 3.8) is 0 Å². The van der Waals surface area contributed by atoms with Gasteiger partial charge in [-0.1, -0.05) is 6.92 Å². The maximum atomic E-state index is 9.91. The van der Waals surface area contributed by atoms with Gasteiger partial charge < -0.3 is 10.8 Å². The zero-order valence-corrected chi connectivity index (χ0v) is 8.95. The number of hydrogen-bond donors (Lipinski definition) is 2. The lowest BCUT2D eigenvalue weighted by Gasteiger charge is -2.39. The molecule has 0 aromatic heterocycles. The Kier molecular flexibility index (Phi) is 1.79. The van der Waals surface area contributed by atoms with Crippen molar-refractivity contribution in [2.45, 2.75) is 51.2 Å². The predicted octanol–water partition coefficient (Wildman–Crippen LogP) is 1.52. The minimum absolute atomic E-state index is 0.0830. The summed E-state index contributed by atoms with van der Waals surface area (Å²) in [5.41, 5.74) is 6.71. The molecular formula is C12H21NO. The summed E-state index contributed by atoms with van der Waals surface area (Å²) < 4.78 is 0. The molecule has 14 heavy (non-hydrogen) atoms. The molecule has 0 aliphatic heterocycles. The molecule has 2 bridgehead atoms. The van der Waals surface area contributed by atoms with E-state index < -0.39 is 0 Å². The summed E-state index contributed by atoms with van der Waals surface area (Å²) in [5.74, 6) is 2.08. The molecule has 3 N–H and O–H groups in total. The van der Waals surface area contributed by atoms with E-state index in [4.69, 9.17) is 5.73 Å². The quantitative estimate of drug-likeness (QED) is 0.615. The summed E-state index contributed by atoms with van der Waals surface area (Å²) in [5, 5.41) is 9.91. The summed E-state index contributed by atoms with van der Waals surface area (Å²) >= 11 is 0. The zero-order valence-electron chi connectivity index (χ0n) is 8.95. The van der Waals surface area contributed by atoms with E-state index in [-0.39, 0.29) is 6.10 Å². The molecule has 3 aliphatic carbocycles. The first-order valence-corrected chi connectivity index (χ1v) is 6.07. The maximum Gasteiger partial charge on any atom is 0.0572 e. The molecule has 1 unspecified atom stereocenters. The molecule has 3 saturated carbocycles. The highest BCUT2D eigenvalue weighted by molar-refractivity contribution is 5.12. The van der Waals surface area contributed by atoms with E-state index in [0.717, 1.165) is 18.3 Å². The van der Waals surface area contributed by atoms with Crippen molar-refractivity contribution in [1.29, 1.82) is 0 Å². The van der Waals surface area contributed by atoms with E-state index in [2.05, 4.69) is 6.92 Å². The SMILES string of the molecule is C[C@H]1CC2(C[C@@H]1O)[C@H]1CC[C@H](C1)[C@@H]2N. The Morgan fingerprint density at radius 1 is 1.29 bits per heavy atom. The second-order valence-electron chi connectivity index (χ2n) is 5.98. The lowest BCUT2D eigenvalue weighted by molar-refractivity contribution is 0.0999. The third-order valence-corrected chi connectivity index (χ3v) is 5.41. The molecule has 3 fully saturated rings. The lowest BCUT2D eigenvalue weighted by Crippen LogP contribution is -2.45. The van der Waals surface area contributed by atoms with Crippen LogP contribution < -0.4 is 5.73 Å². The van der Waals surface area contributed by atoms with Crippen LogP contribution in [0.4, 0.5) is 0 Å². The van der Waals surface area contributed by atoms with Gasteiger partial charge in [-0.15, -0.1) is 0 Å². The number of rotatable bonds is 0. The van der Waals surface area contributed by atoms with Crippen molar-refractivity contribution in [2.24, 2.45) is 28.9 Å². The van der Waals surface area contributed by atoms with Crippen LogP contribution in [0.25, 0.3) is 0 Å². The van der Waals surface area contributed by atoms with Crippen molar-refractivity contribution in [3.8, 4) is 0 Å². The molecular weight excluding hydrogens is 174 g/mol. The van der Waals surface area contributed by atoms with Crippen LogP contribution in [-0.2, 0) is 0 Å². The van der Waals surface area contributed by atoms with Crippen molar-refractivity contribution in [2.75, 3.05) is 0 Å². The molecule has 0 aromatic carbocycles. The lowest BCUT2D eigenvalue weighted by atomic mass is 9.68. The van der Waals surface area contributed by atoms with Gasteiger partial charge in [-0.25, -0.2) is 0 Å². The molecule has 0 heterocycles. The second-order valence-corrected chi connectivity index (χ2v) is 5.98. The standard InChI is InChI=1S/C12H21NO/c1-7-5-12(6-10(7)14)9-3-2-8(4-9)11(12)13/h7-11,14H,2-6,13H2,1H3/t7-,8+,9-,10-,11-,12?/m0/s1. The van der Waals surface area contributed by atoms with Crippen molar-refractivity contribution >= 4 is 0 Å². The summed E-state index contributed by atoms with van der Waals surface area (Å²) in [7, 11) is 0. The molecule has 0 aromatic rings. The van der Waals surface area contributed by atoms with Crippen LogP contribution in [-0.4, -0.2) is 17.3 Å². The Hall–Kier alpha value is -0.0800. The average Bonchev–Trinajstić information content (AvgIpc) is 2.76. The number of hydrogen-bond acceptors (Lipinski definition) is 2. The molecule has 6 atom stereocenters. The van der Waals surface area contributed by atoms with Crippen molar-refractivity contribution in [1.82, 2.24) is 0 Å². The Bertz CT molecular complexity index is 239. The van der Waals surface area contributed by atoms with E-state index in [9.17, 15) is 5.11 Å². The zero-order chi connectivity index (χ0) is 9.92. The van der Waals surface area contributed by atoms with Gasteiger partial charge in [0.05, 0.1) is 6.10 Å². The highest BCUT2D eigenvalue weighted by Crippen LogP contribution is 2.62. The van der Waals surface area contributed by atoms with E-state index >= 15 is 0 Å². The molecule has 2 nitrogen and oxygen atoms in total. The predicted molar refractivity (Wildman–Crippen MR) is 55.6 cm³/mol. The first-order valence-electron chi connectivity index (χ1n) is 6.07. The van der Waals surface area contributed by atoms with Gasteiger partial charge in [0.1, 0.15) is 0 Å². The van der Waals surface area contributed by atoms with Crippen molar-refractivity contribution in [3.05, 3.63) is 0 Å². The molecule has 0 radical (unpaired) electrons. The Balaban J connectivity index is 1.91. The molecule has 0 amide bonds. The summed E-state index contributed by atoms with van der Waals surface area (Å²) in [6.07, 6.45) is 6.14. The first-order chi connectivity index (χ1) is 6.63. The van der Waals surface area contributed by atoms with Crippen LogP contribution in [0.5, 0.6) is 0 Å². The minimum Gasteiger partial charge on any atom is -0.393 e. The topological polar surface area (TPSA) is 46.2 Å². The molecule has 2 heteroatoms. The van der Waals surface area contributed by atoms with Crippen LogP contribution >= 0.6 is 0 Å². The molecule has 80 valence electrons. The third-order valence-electron chi connectivity index (χ3n) is 5.41. The van der Waals surface area contributed by atoms with E-state index in [1.807, 2.05) is 0 Å². The number of nitrogens with two attached hydrogens (primary N) is 1. The smallest absolute Gasteiger partial charge is 0.0572 e. The monoisotopic (exact) mass is 195 g/mol. The van der Waals surface area contributed by atoms with E-state index in [1.54, 1.807) is 0 Å². The normalized spacial score (nSPS) is 61.5. The van der Waals surface area contributed by atoms with E-state index in [0.29, 0.717) is 17.4 Å². The average molecular weight is 195 g/mol. The Morgan fingerprint density at radius 2 is 2.07 bits per heavy atom. The minimum atomic E-state index is -0.0830. The molecule has 3 aliphatic rings. The maximum absolute atomic E-state index is 9.91. The van der Waals surface area contributed by atoms with Crippen LogP contribution in [0.1, 0.15) is 39.0 Å². The van der Waals surface area contributed by atoms with Crippen molar-refractivity contribution < 1.29 is 5.11 Å². The van der Waals surface area contributed by atoms with Gasteiger partial charge in [-0.3, -0.25) is 0 Å². The van der Waals surface area contributed by atoms with Crippen LogP contribution in [0.3, 0.4) is 0 Å². The summed E-state index contributed by atoms with van der Waals surface area (Å²) in [6, 6.07) is 0.390. The largest absolute Gasteiger partial charge is 0.393 e. The van der Waals surface area contributed by atoms with Gasteiger partial charge in [0.15, 0.2) is 0 Å². The van der Waals surface area contributed by atoms with Gasteiger partial charge in [-0.05, 0) is 55.3 Å². The number of aliphatic hydroxyl groups is 1. The number of aliphatic hydroxyl groups excluding tert-OH is 1. The molecule has 3 rings (SSSR count). The third kappa shape index (κ3) is 0.938.